The Morgan fingerprint density at radius 2 is 1.59 bits per heavy atom. The second kappa shape index (κ2) is 10.4. The highest BCUT2D eigenvalue weighted by Crippen LogP contribution is 2.18. The van der Waals surface area contributed by atoms with Crippen LogP contribution in [0.15, 0.2) is 12.4 Å². The zero-order valence-corrected chi connectivity index (χ0v) is 20.6. The summed E-state index contributed by atoms with van der Waals surface area (Å²) >= 11 is 0. The van der Waals surface area contributed by atoms with E-state index in [4.69, 9.17) is 9.47 Å². The Labute approximate surface area is 191 Å². The predicted octanol–water partition coefficient (Wildman–Crippen LogP) is 2.49. The average molecular weight is 451 g/mol. The first-order chi connectivity index (χ1) is 14.7. The molecule has 1 aliphatic heterocycles. The quantitative estimate of drug-likeness (QED) is 0.725. The Balaban J connectivity index is 2.12. The van der Waals surface area contributed by atoms with E-state index in [0.717, 1.165) is 31.1 Å². The molecule has 1 atom stereocenters. The number of piperazine rings is 1. The molecule has 0 radical (unpaired) electrons. The van der Waals surface area contributed by atoms with Crippen LogP contribution in [0.3, 0.4) is 0 Å². The summed E-state index contributed by atoms with van der Waals surface area (Å²) in [5.74, 6) is 0.625. The lowest BCUT2D eigenvalue weighted by Gasteiger charge is -2.35. The fourth-order valence-electron chi connectivity index (χ4n) is 3.18. The number of carbonyl (C=O) groups is 2. The Morgan fingerprint density at radius 1 is 1.06 bits per heavy atom. The van der Waals surface area contributed by atoms with Crippen molar-refractivity contribution in [1.82, 2.24) is 25.1 Å². The molecule has 2 amide bonds. The monoisotopic (exact) mass is 450 g/mol. The van der Waals surface area contributed by atoms with Gasteiger partial charge in [0.05, 0.1) is 6.54 Å². The highest BCUT2D eigenvalue weighted by molar-refractivity contribution is 5.88. The van der Waals surface area contributed by atoms with Crippen LogP contribution in [0.4, 0.5) is 15.5 Å². The maximum atomic E-state index is 12.7. The molecule has 0 bridgehead atoms. The SMILES string of the molecule is CN(C)C[C@@H]1CN(c2ncc(CN(C(=O)OC(C)(C)C)C(=O)OC(C)(C)C)cn2)CCN1. The molecular weight excluding hydrogens is 412 g/mol. The van der Waals surface area contributed by atoms with E-state index in [0.29, 0.717) is 17.6 Å². The fourth-order valence-corrected chi connectivity index (χ4v) is 3.18. The Kier molecular flexibility index (Phi) is 8.41. The van der Waals surface area contributed by atoms with Crippen molar-refractivity contribution in [3.63, 3.8) is 0 Å². The Bertz CT molecular complexity index is 742. The first kappa shape index (κ1) is 25.8. The minimum absolute atomic E-state index is 0.0467. The number of ether oxygens (including phenoxy) is 2. The van der Waals surface area contributed by atoms with E-state index in [1.165, 1.54) is 0 Å². The lowest BCUT2D eigenvalue weighted by Crippen LogP contribution is -2.54. The van der Waals surface area contributed by atoms with Crippen LogP contribution in [0, 0.1) is 0 Å². The van der Waals surface area contributed by atoms with Gasteiger partial charge in [-0.3, -0.25) is 0 Å². The number of rotatable bonds is 5. The first-order valence-corrected chi connectivity index (χ1v) is 10.9. The van der Waals surface area contributed by atoms with Crippen LogP contribution < -0.4 is 10.2 Å². The molecule has 1 aromatic rings. The summed E-state index contributed by atoms with van der Waals surface area (Å²) in [4.78, 5) is 39.5. The van der Waals surface area contributed by atoms with E-state index in [1.54, 1.807) is 53.9 Å². The zero-order valence-electron chi connectivity index (χ0n) is 20.6. The molecule has 1 aromatic heterocycles. The van der Waals surface area contributed by atoms with E-state index in [-0.39, 0.29) is 6.54 Å². The van der Waals surface area contributed by atoms with Crippen LogP contribution in [0.5, 0.6) is 0 Å². The third kappa shape index (κ3) is 8.58. The molecule has 0 unspecified atom stereocenters. The molecule has 1 saturated heterocycles. The number of likely N-dealkylation sites (N-methyl/N-ethyl adjacent to an activating group) is 1. The summed E-state index contributed by atoms with van der Waals surface area (Å²) in [6, 6.07) is 0.330. The molecule has 0 spiro atoms. The number of hydrogen-bond acceptors (Lipinski definition) is 9. The van der Waals surface area contributed by atoms with Crippen molar-refractivity contribution in [2.75, 3.05) is 45.2 Å². The van der Waals surface area contributed by atoms with Gasteiger partial charge in [0.25, 0.3) is 0 Å². The lowest BCUT2D eigenvalue weighted by atomic mass is 10.2. The van der Waals surface area contributed by atoms with E-state index in [1.807, 2.05) is 14.1 Å². The standard InChI is InChI=1S/C22H38N6O4/c1-21(2,3)31-19(29)28(20(30)32-22(4,5)6)13-16-11-24-18(25-12-16)27-10-9-23-17(15-27)14-26(7)8/h11-12,17,23H,9-10,13-15H2,1-8H3/t17-/m1/s1. The van der Waals surface area contributed by atoms with Gasteiger partial charge in [0.15, 0.2) is 0 Å². The van der Waals surface area contributed by atoms with Crippen LogP contribution in [0.2, 0.25) is 0 Å². The van der Waals surface area contributed by atoms with Gasteiger partial charge in [-0.15, -0.1) is 0 Å². The van der Waals surface area contributed by atoms with E-state index >= 15 is 0 Å². The molecule has 10 nitrogen and oxygen atoms in total. The van der Waals surface area contributed by atoms with E-state index in [9.17, 15) is 9.59 Å². The number of hydrogen-bond donors (Lipinski definition) is 1. The second-order valence-electron chi connectivity index (χ2n) is 10.3. The van der Waals surface area contributed by atoms with Crippen LogP contribution in [-0.2, 0) is 16.0 Å². The normalized spacial score (nSPS) is 17.3. The molecule has 32 heavy (non-hydrogen) atoms. The van der Waals surface area contributed by atoms with Crippen molar-refractivity contribution in [3.05, 3.63) is 18.0 Å². The third-order valence-electron chi connectivity index (χ3n) is 4.38. The second-order valence-corrected chi connectivity index (χ2v) is 10.3. The maximum Gasteiger partial charge on any atom is 0.420 e. The number of carbonyl (C=O) groups excluding carboxylic acids is 2. The number of anilines is 1. The largest absolute Gasteiger partial charge is 0.443 e. The van der Waals surface area contributed by atoms with E-state index < -0.39 is 23.4 Å². The summed E-state index contributed by atoms with van der Waals surface area (Å²) in [6.45, 7) is 13.8. The van der Waals surface area contributed by atoms with Crippen molar-refractivity contribution >= 4 is 18.1 Å². The molecule has 2 rings (SSSR count). The van der Waals surface area contributed by atoms with Gasteiger partial charge < -0.3 is 24.6 Å². The third-order valence-corrected chi connectivity index (χ3v) is 4.38. The Morgan fingerprint density at radius 3 is 2.06 bits per heavy atom. The maximum absolute atomic E-state index is 12.7. The van der Waals surface area contributed by atoms with Gasteiger partial charge in [-0.25, -0.2) is 24.5 Å². The van der Waals surface area contributed by atoms with Crippen LogP contribution in [0.1, 0.15) is 47.1 Å². The van der Waals surface area contributed by atoms with Gasteiger partial charge in [-0.05, 0) is 55.6 Å². The van der Waals surface area contributed by atoms with Crippen molar-refractivity contribution < 1.29 is 19.1 Å². The first-order valence-electron chi connectivity index (χ1n) is 10.9. The van der Waals surface area contributed by atoms with Gasteiger partial charge in [0.2, 0.25) is 5.95 Å². The topological polar surface area (TPSA) is 100 Å². The van der Waals surface area contributed by atoms with Crippen molar-refractivity contribution in [3.8, 4) is 0 Å². The molecule has 0 aromatic carbocycles. The summed E-state index contributed by atoms with van der Waals surface area (Å²) in [5.41, 5.74) is -0.892. The van der Waals surface area contributed by atoms with Crippen LogP contribution in [-0.4, -0.2) is 89.5 Å². The van der Waals surface area contributed by atoms with Crippen LogP contribution in [0.25, 0.3) is 0 Å². The molecule has 0 aliphatic carbocycles. The van der Waals surface area contributed by atoms with Crippen molar-refractivity contribution in [2.45, 2.75) is 65.3 Å². The lowest BCUT2D eigenvalue weighted by molar-refractivity contribution is -0.000274. The molecule has 1 N–H and O–H groups in total. The molecule has 2 heterocycles. The molecule has 1 fully saturated rings. The molecule has 0 saturated carbocycles. The minimum atomic E-state index is -0.774. The highest BCUT2D eigenvalue weighted by Gasteiger charge is 2.31. The van der Waals surface area contributed by atoms with Gasteiger partial charge >= 0.3 is 12.2 Å². The summed E-state index contributed by atoms with van der Waals surface area (Å²) in [5, 5.41) is 3.50. The molecule has 10 heteroatoms. The van der Waals surface area contributed by atoms with Crippen molar-refractivity contribution in [2.24, 2.45) is 0 Å². The number of imide groups is 1. The number of nitrogens with one attached hydrogen (secondary N) is 1. The smallest absolute Gasteiger partial charge is 0.420 e. The molecule has 180 valence electrons. The number of aromatic nitrogens is 2. The van der Waals surface area contributed by atoms with Gasteiger partial charge in [-0.2, -0.15) is 0 Å². The van der Waals surface area contributed by atoms with E-state index in [2.05, 4.69) is 25.1 Å². The summed E-state index contributed by atoms with van der Waals surface area (Å²) < 4.78 is 10.8. The summed E-state index contributed by atoms with van der Waals surface area (Å²) in [6.07, 6.45) is 1.72. The van der Waals surface area contributed by atoms with Gasteiger partial charge in [0.1, 0.15) is 11.2 Å². The predicted molar refractivity (Wildman–Crippen MR) is 123 cm³/mol. The fraction of sp³-hybridized carbons (Fsp3) is 0.727. The summed E-state index contributed by atoms with van der Waals surface area (Å²) in [7, 11) is 4.10. The Hall–Kier alpha value is -2.46. The molecular formula is C22H38N6O4. The highest BCUT2D eigenvalue weighted by atomic mass is 16.6. The van der Waals surface area contributed by atoms with Gasteiger partial charge in [0, 0.05) is 50.2 Å². The van der Waals surface area contributed by atoms with Crippen LogP contribution >= 0.6 is 0 Å². The average Bonchev–Trinajstić information content (AvgIpc) is 2.63. The molecule has 1 aliphatic rings. The van der Waals surface area contributed by atoms with Crippen molar-refractivity contribution in [1.29, 1.82) is 0 Å². The number of nitrogens with zero attached hydrogens (tertiary/aromatic N) is 5. The zero-order chi connectivity index (χ0) is 24.1. The van der Waals surface area contributed by atoms with Gasteiger partial charge in [-0.1, -0.05) is 0 Å². The minimum Gasteiger partial charge on any atom is -0.443 e. The number of amides is 2.